The van der Waals surface area contributed by atoms with E-state index in [1.54, 1.807) is 0 Å². The Morgan fingerprint density at radius 3 is 2.70 bits per heavy atom. The molecule has 0 bridgehead atoms. The minimum atomic E-state index is -0.0915. The number of fused-ring (bicyclic) bond motifs is 5. The van der Waals surface area contributed by atoms with Crippen molar-refractivity contribution in [2.45, 2.75) is 78.2 Å². The van der Waals surface area contributed by atoms with E-state index in [2.05, 4.69) is 20.8 Å². The van der Waals surface area contributed by atoms with Crippen molar-refractivity contribution in [3.8, 4) is 0 Å². The molecule has 0 spiro atoms. The Morgan fingerprint density at radius 2 is 1.96 bits per heavy atom. The third-order valence-electron chi connectivity index (χ3n) is 8.56. The zero-order valence-electron chi connectivity index (χ0n) is 15.0. The van der Waals surface area contributed by atoms with Crippen LogP contribution in [0.5, 0.6) is 0 Å². The van der Waals surface area contributed by atoms with Crippen LogP contribution in [-0.2, 0) is 4.79 Å². The highest BCUT2D eigenvalue weighted by Crippen LogP contribution is 2.66. The molecule has 0 saturated heterocycles. The summed E-state index contributed by atoms with van der Waals surface area (Å²) in [6, 6.07) is 0. The summed E-state index contributed by atoms with van der Waals surface area (Å²) in [6.07, 6.45) is 10.8. The highest BCUT2D eigenvalue weighted by Gasteiger charge is 2.60. The molecule has 128 valence electrons. The largest absolute Gasteiger partial charge is 0.393 e. The summed E-state index contributed by atoms with van der Waals surface area (Å²) in [6.45, 7) is 7.10. The predicted octanol–water partition coefficient (Wildman–Crippen LogP) is 4.52. The second-order valence-corrected chi connectivity index (χ2v) is 9.34. The van der Waals surface area contributed by atoms with E-state index in [1.807, 2.05) is 6.08 Å². The Bertz CT molecular complexity index is 550. The van der Waals surface area contributed by atoms with E-state index in [1.165, 1.54) is 31.3 Å². The Morgan fingerprint density at radius 1 is 1.17 bits per heavy atom. The summed E-state index contributed by atoms with van der Waals surface area (Å²) in [5.74, 6) is 3.12. The fourth-order valence-electron chi connectivity index (χ4n) is 7.14. The maximum absolute atomic E-state index is 12.0. The normalized spacial score (nSPS) is 52.4. The lowest BCUT2D eigenvalue weighted by atomic mass is 9.45. The van der Waals surface area contributed by atoms with Crippen molar-refractivity contribution in [3.05, 3.63) is 11.6 Å². The minimum absolute atomic E-state index is 0.0915. The first-order valence-electron chi connectivity index (χ1n) is 9.83. The zero-order chi connectivity index (χ0) is 16.4. The number of aliphatic hydroxyl groups excluding tert-OH is 1. The van der Waals surface area contributed by atoms with Gasteiger partial charge in [-0.3, -0.25) is 4.79 Å². The molecular weight excluding hydrogens is 284 g/mol. The van der Waals surface area contributed by atoms with Gasteiger partial charge in [-0.15, -0.1) is 0 Å². The Labute approximate surface area is 140 Å². The lowest BCUT2D eigenvalue weighted by molar-refractivity contribution is -0.118. The fourth-order valence-corrected chi connectivity index (χ4v) is 7.14. The third kappa shape index (κ3) is 2.06. The Balaban J connectivity index is 1.74. The molecule has 4 aliphatic rings. The minimum Gasteiger partial charge on any atom is -0.393 e. The van der Waals surface area contributed by atoms with Gasteiger partial charge in [0.15, 0.2) is 5.78 Å². The van der Waals surface area contributed by atoms with E-state index in [9.17, 15) is 9.90 Å². The van der Waals surface area contributed by atoms with Gasteiger partial charge in [0.1, 0.15) is 0 Å². The number of allylic oxidation sites excluding steroid dienone is 1. The van der Waals surface area contributed by atoms with Gasteiger partial charge < -0.3 is 5.11 Å². The molecule has 0 aromatic carbocycles. The number of carbonyl (C=O) groups is 1. The van der Waals surface area contributed by atoms with Crippen LogP contribution in [0.1, 0.15) is 72.1 Å². The molecule has 4 aliphatic carbocycles. The molecule has 0 aliphatic heterocycles. The van der Waals surface area contributed by atoms with Gasteiger partial charge in [-0.25, -0.2) is 0 Å². The molecule has 2 nitrogen and oxygen atoms in total. The monoisotopic (exact) mass is 316 g/mol. The smallest absolute Gasteiger partial charge is 0.155 e. The fraction of sp³-hybridized carbons (Fsp3) is 0.857. The highest BCUT2D eigenvalue weighted by molar-refractivity contribution is 5.91. The Kier molecular flexibility index (Phi) is 3.58. The molecule has 2 heteroatoms. The van der Waals surface area contributed by atoms with E-state index < -0.39 is 0 Å². The van der Waals surface area contributed by atoms with Crippen molar-refractivity contribution in [2.75, 3.05) is 0 Å². The molecule has 23 heavy (non-hydrogen) atoms. The first kappa shape index (κ1) is 15.9. The van der Waals surface area contributed by atoms with Crippen LogP contribution in [0.3, 0.4) is 0 Å². The molecule has 0 heterocycles. The van der Waals surface area contributed by atoms with E-state index in [0.717, 1.165) is 37.5 Å². The summed E-state index contributed by atoms with van der Waals surface area (Å²) in [5, 5.41) is 10.6. The molecule has 0 amide bonds. The van der Waals surface area contributed by atoms with E-state index in [-0.39, 0.29) is 16.9 Å². The van der Waals surface area contributed by atoms with Crippen LogP contribution in [0.15, 0.2) is 11.6 Å². The van der Waals surface area contributed by atoms with Crippen LogP contribution < -0.4 is 0 Å². The van der Waals surface area contributed by atoms with Crippen molar-refractivity contribution in [3.63, 3.8) is 0 Å². The molecule has 0 aromatic rings. The first-order chi connectivity index (χ1) is 10.9. The number of aliphatic hydroxyl groups is 1. The number of carbonyl (C=O) groups excluding carboxylic acids is 1. The molecule has 1 N–H and O–H groups in total. The maximum Gasteiger partial charge on any atom is 0.155 e. The van der Waals surface area contributed by atoms with Gasteiger partial charge in [-0.05, 0) is 85.5 Å². The third-order valence-corrected chi connectivity index (χ3v) is 8.56. The van der Waals surface area contributed by atoms with Gasteiger partial charge >= 0.3 is 0 Å². The van der Waals surface area contributed by atoms with Gasteiger partial charge in [-0.1, -0.05) is 26.3 Å². The highest BCUT2D eigenvalue weighted by atomic mass is 16.3. The topological polar surface area (TPSA) is 37.3 Å². The molecule has 7 atom stereocenters. The lowest BCUT2D eigenvalue weighted by Crippen LogP contribution is -2.53. The number of hydrogen-bond donors (Lipinski definition) is 1. The van der Waals surface area contributed by atoms with Crippen LogP contribution in [0.2, 0.25) is 0 Å². The first-order valence-corrected chi connectivity index (χ1v) is 9.83. The second kappa shape index (κ2) is 5.18. The molecule has 1 unspecified atom stereocenters. The summed E-state index contributed by atoms with van der Waals surface area (Å²) < 4.78 is 0. The van der Waals surface area contributed by atoms with Gasteiger partial charge in [0.05, 0.1) is 6.10 Å². The van der Waals surface area contributed by atoms with Gasteiger partial charge in [0.2, 0.25) is 0 Å². The molecule has 0 radical (unpaired) electrons. The summed E-state index contributed by atoms with van der Waals surface area (Å²) in [5.41, 5.74) is 1.88. The molecular formula is C21H32O2. The molecule has 0 aromatic heterocycles. The van der Waals surface area contributed by atoms with Crippen LogP contribution in [0.4, 0.5) is 0 Å². The summed E-state index contributed by atoms with van der Waals surface area (Å²) in [7, 11) is 0. The van der Waals surface area contributed by atoms with E-state index in [4.69, 9.17) is 0 Å². The van der Waals surface area contributed by atoms with Gasteiger partial charge in [0, 0.05) is 6.42 Å². The van der Waals surface area contributed by atoms with Gasteiger partial charge in [0.25, 0.3) is 0 Å². The quantitative estimate of drug-likeness (QED) is 0.772. The SMILES string of the molecule is CCC1C[C@H]2[C@@H]3CC[C@H](O)[C@@]3(C)CC[C@@H]2[C@@]2(C)CCC(=O)C=C12. The molecule has 4 rings (SSSR count). The summed E-state index contributed by atoms with van der Waals surface area (Å²) >= 11 is 0. The maximum atomic E-state index is 12.0. The average molecular weight is 316 g/mol. The standard InChI is InChI=1S/C21H32O2/c1-4-13-11-15-16-5-6-19(23)21(16,3)10-8-17(15)20(2)9-7-14(22)12-18(13)20/h12-13,15-17,19,23H,4-11H2,1-3H3/t13?,15-,16-,17-,19-,20+,21-/m0/s1. The second-order valence-electron chi connectivity index (χ2n) is 9.34. The molecule has 3 fully saturated rings. The van der Waals surface area contributed by atoms with E-state index >= 15 is 0 Å². The average Bonchev–Trinajstić information content (AvgIpc) is 2.83. The van der Waals surface area contributed by atoms with Crippen molar-refractivity contribution in [1.29, 1.82) is 0 Å². The number of rotatable bonds is 1. The Hall–Kier alpha value is -0.630. The van der Waals surface area contributed by atoms with E-state index in [0.29, 0.717) is 17.6 Å². The predicted molar refractivity (Wildman–Crippen MR) is 91.9 cm³/mol. The van der Waals surface area contributed by atoms with Crippen LogP contribution in [0, 0.1) is 34.5 Å². The van der Waals surface area contributed by atoms with Crippen LogP contribution in [-0.4, -0.2) is 17.0 Å². The van der Waals surface area contributed by atoms with Crippen molar-refractivity contribution in [1.82, 2.24) is 0 Å². The lowest BCUT2D eigenvalue weighted by Gasteiger charge is -2.59. The number of ketones is 1. The number of hydrogen-bond acceptors (Lipinski definition) is 2. The van der Waals surface area contributed by atoms with Crippen molar-refractivity contribution in [2.24, 2.45) is 34.5 Å². The van der Waals surface area contributed by atoms with Crippen LogP contribution >= 0.6 is 0 Å². The van der Waals surface area contributed by atoms with Crippen LogP contribution in [0.25, 0.3) is 0 Å². The van der Waals surface area contributed by atoms with Gasteiger partial charge in [-0.2, -0.15) is 0 Å². The molecule has 3 saturated carbocycles. The summed E-state index contributed by atoms with van der Waals surface area (Å²) in [4.78, 5) is 12.0. The van der Waals surface area contributed by atoms with Crippen molar-refractivity contribution >= 4 is 5.78 Å². The zero-order valence-corrected chi connectivity index (χ0v) is 15.0. The van der Waals surface area contributed by atoms with Crippen molar-refractivity contribution < 1.29 is 9.90 Å².